The van der Waals surface area contributed by atoms with Gasteiger partial charge in [0.25, 0.3) is 0 Å². The molecule has 2 heterocycles. The van der Waals surface area contributed by atoms with Crippen molar-refractivity contribution in [3.8, 4) is 11.4 Å². The van der Waals surface area contributed by atoms with Gasteiger partial charge >= 0.3 is 0 Å². The second kappa shape index (κ2) is 5.55. The van der Waals surface area contributed by atoms with E-state index in [0.717, 1.165) is 44.2 Å². The molecule has 1 aromatic heterocycles. The number of likely N-dealkylation sites (tertiary alicyclic amines) is 1. The molecule has 4 rings (SSSR count). The molecule has 1 aromatic carbocycles. The summed E-state index contributed by atoms with van der Waals surface area (Å²) in [7, 11) is 0. The van der Waals surface area contributed by atoms with Crippen molar-refractivity contribution in [2.45, 2.75) is 38.1 Å². The molecule has 2 fully saturated rings. The third-order valence-electron chi connectivity index (χ3n) is 4.47. The van der Waals surface area contributed by atoms with Crippen molar-refractivity contribution in [1.29, 1.82) is 0 Å². The Labute approximate surface area is 129 Å². The van der Waals surface area contributed by atoms with Crippen LogP contribution in [0.1, 0.15) is 44.0 Å². The van der Waals surface area contributed by atoms with Crippen molar-refractivity contribution < 1.29 is 9.32 Å². The van der Waals surface area contributed by atoms with Crippen molar-refractivity contribution in [1.82, 2.24) is 15.0 Å². The number of carbonyl (C=O) groups is 1. The first-order valence-corrected chi connectivity index (χ1v) is 8.02. The monoisotopic (exact) mass is 297 g/mol. The smallest absolute Gasteiger partial charge is 0.249 e. The first-order chi connectivity index (χ1) is 10.8. The number of carbonyl (C=O) groups excluding carboxylic acids is 1. The van der Waals surface area contributed by atoms with E-state index < -0.39 is 0 Å². The summed E-state index contributed by atoms with van der Waals surface area (Å²) >= 11 is 0. The fourth-order valence-electron chi connectivity index (χ4n) is 3.09. The Bertz CT molecular complexity index is 664. The zero-order valence-corrected chi connectivity index (χ0v) is 12.4. The van der Waals surface area contributed by atoms with Gasteiger partial charge in [-0.05, 0) is 32.1 Å². The highest BCUT2D eigenvalue weighted by molar-refractivity contribution is 5.81. The molecule has 5 heteroatoms. The molecule has 1 aliphatic carbocycles. The zero-order chi connectivity index (χ0) is 14.9. The van der Waals surface area contributed by atoms with Gasteiger partial charge in [-0.1, -0.05) is 35.5 Å². The molecule has 22 heavy (non-hydrogen) atoms. The van der Waals surface area contributed by atoms with E-state index in [1.807, 2.05) is 35.2 Å². The Morgan fingerprint density at radius 3 is 2.73 bits per heavy atom. The third kappa shape index (κ3) is 2.51. The molecule has 2 aliphatic rings. The van der Waals surface area contributed by atoms with Crippen LogP contribution in [0.5, 0.6) is 0 Å². The van der Waals surface area contributed by atoms with E-state index in [-0.39, 0.29) is 17.9 Å². The molecular formula is C17H19N3O2. The maximum absolute atomic E-state index is 12.5. The topological polar surface area (TPSA) is 59.2 Å². The van der Waals surface area contributed by atoms with Crippen LogP contribution in [0.3, 0.4) is 0 Å². The number of hydrogen-bond donors (Lipinski definition) is 0. The molecule has 1 unspecified atom stereocenters. The molecule has 1 saturated heterocycles. The van der Waals surface area contributed by atoms with Crippen LogP contribution in [0.15, 0.2) is 34.9 Å². The SMILES string of the molecule is O=C(C1CC1)N1CCCCC1c1nc(-c2ccccc2)no1. The summed E-state index contributed by atoms with van der Waals surface area (Å²) in [5.41, 5.74) is 0.938. The number of rotatable bonds is 3. The van der Waals surface area contributed by atoms with Crippen molar-refractivity contribution in [2.75, 3.05) is 6.54 Å². The Hall–Kier alpha value is -2.17. The van der Waals surface area contributed by atoms with Gasteiger partial charge in [0.1, 0.15) is 6.04 Å². The molecule has 0 radical (unpaired) electrons. The molecule has 1 aliphatic heterocycles. The number of hydrogen-bond acceptors (Lipinski definition) is 4. The average Bonchev–Trinajstić information content (AvgIpc) is 3.32. The Balaban J connectivity index is 1.59. The van der Waals surface area contributed by atoms with Crippen LogP contribution in [0.4, 0.5) is 0 Å². The molecular weight excluding hydrogens is 278 g/mol. The minimum absolute atomic E-state index is 0.0492. The Kier molecular flexibility index (Phi) is 3.41. The fraction of sp³-hybridized carbons (Fsp3) is 0.471. The maximum Gasteiger partial charge on any atom is 0.249 e. The molecule has 2 aromatic rings. The van der Waals surface area contributed by atoms with Crippen molar-refractivity contribution in [3.63, 3.8) is 0 Å². The number of aromatic nitrogens is 2. The highest BCUT2D eigenvalue weighted by Gasteiger charge is 2.39. The van der Waals surface area contributed by atoms with Gasteiger partial charge in [-0.15, -0.1) is 0 Å². The minimum Gasteiger partial charge on any atom is -0.337 e. The summed E-state index contributed by atoms with van der Waals surface area (Å²) in [5.74, 6) is 1.67. The summed E-state index contributed by atoms with van der Waals surface area (Å²) in [6.07, 6.45) is 5.13. The number of nitrogens with zero attached hydrogens (tertiary/aromatic N) is 3. The van der Waals surface area contributed by atoms with E-state index >= 15 is 0 Å². The standard InChI is InChI=1S/C17H19N3O2/c21-17(13-9-10-13)20-11-5-4-8-14(20)16-18-15(19-22-16)12-6-2-1-3-7-12/h1-3,6-7,13-14H,4-5,8-11H2. The first kappa shape index (κ1) is 13.5. The van der Waals surface area contributed by atoms with Gasteiger partial charge in [-0.2, -0.15) is 4.98 Å². The van der Waals surface area contributed by atoms with E-state index in [1.165, 1.54) is 0 Å². The summed E-state index contributed by atoms with van der Waals surface area (Å²) in [5, 5.41) is 4.09. The van der Waals surface area contributed by atoms with Gasteiger partial charge in [0.2, 0.25) is 17.6 Å². The minimum atomic E-state index is -0.0492. The zero-order valence-electron chi connectivity index (χ0n) is 12.4. The molecule has 0 spiro atoms. The van der Waals surface area contributed by atoms with Crippen LogP contribution >= 0.6 is 0 Å². The molecule has 1 amide bonds. The number of piperidine rings is 1. The molecule has 1 saturated carbocycles. The van der Waals surface area contributed by atoms with E-state index in [9.17, 15) is 4.79 Å². The van der Waals surface area contributed by atoms with Crippen LogP contribution < -0.4 is 0 Å². The van der Waals surface area contributed by atoms with Crippen molar-refractivity contribution in [2.24, 2.45) is 5.92 Å². The summed E-state index contributed by atoms with van der Waals surface area (Å²) in [6, 6.07) is 9.74. The average molecular weight is 297 g/mol. The van der Waals surface area contributed by atoms with Crippen LogP contribution in [-0.4, -0.2) is 27.5 Å². The quantitative estimate of drug-likeness (QED) is 0.873. The van der Waals surface area contributed by atoms with Gasteiger partial charge in [-0.3, -0.25) is 4.79 Å². The lowest BCUT2D eigenvalue weighted by Crippen LogP contribution is -2.39. The first-order valence-electron chi connectivity index (χ1n) is 8.02. The normalized spacial score (nSPS) is 21.8. The third-order valence-corrected chi connectivity index (χ3v) is 4.47. The van der Waals surface area contributed by atoms with Crippen molar-refractivity contribution in [3.05, 3.63) is 36.2 Å². The highest BCUT2D eigenvalue weighted by Crippen LogP contribution is 2.37. The van der Waals surface area contributed by atoms with E-state index in [2.05, 4.69) is 10.1 Å². The molecule has 0 bridgehead atoms. The lowest BCUT2D eigenvalue weighted by molar-refractivity contribution is -0.137. The van der Waals surface area contributed by atoms with E-state index in [0.29, 0.717) is 11.7 Å². The Morgan fingerprint density at radius 2 is 1.95 bits per heavy atom. The van der Waals surface area contributed by atoms with E-state index in [1.54, 1.807) is 0 Å². The predicted octanol–water partition coefficient (Wildman–Crippen LogP) is 3.20. The number of amides is 1. The molecule has 1 atom stereocenters. The summed E-state index contributed by atoms with van der Waals surface area (Å²) < 4.78 is 5.48. The largest absolute Gasteiger partial charge is 0.337 e. The van der Waals surface area contributed by atoms with E-state index in [4.69, 9.17) is 4.52 Å². The summed E-state index contributed by atoms with van der Waals surface area (Å²) in [4.78, 5) is 19.0. The lowest BCUT2D eigenvalue weighted by atomic mass is 10.0. The van der Waals surface area contributed by atoms with Crippen LogP contribution in [0.2, 0.25) is 0 Å². The molecule has 5 nitrogen and oxygen atoms in total. The highest BCUT2D eigenvalue weighted by atomic mass is 16.5. The van der Waals surface area contributed by atoms with Gasteiger partial charge < -0.3 is 9.42 Å². The second-order valence-electron chi connectivity index (χ2n) is 6.14. The number of benzene rings is 1. The second-order valence-corrected chi connectivity index (χ2v) is 6.14. The fourth-order valence-corrected chi connectivity index (χ4v) is 3.09. The molecule has 0 N–H and O–H groups in total. The Morgan fingerprint density at radius 1 is 1.14 bits per heavy atom. The lowest BCUT2D eigenvalue weighted by Gasteiger charge is -2.33. The van der Waals surface area contributed by atoms with Crippen LogP contribution in [0.25, 0.3) is 11.4 Å². The van der Waals surface area contributed by atoms with Gasteiger partial charge in [-0.25, -0.2) is 0 Å². The maximum atomic E-state index is 12.5. The van der Waals surface area contributed by atoms with Crippen LogP contribution in [0, 0.1) is 5.92 Å². The van der Waals surface area contributed by atoms with Gasteiger partial charge in [0, 0.05) is 18.0 Å². The van der Waals surface area contributed by atoms with Gasteiger partial charge in [0.05, 0.1) is 0 Å². The van der Waals surface area contributed by atoms with Crippen molar-refractivity contribution >= 4 is 5.91 Å². The van der Waals surface area contributed by atoms with Crippen LogP contribution in [-0.2, 0) is 4.79 Å². The molecule has 114 valence electrons. The predicted molar refractivity (Wildman–Crippen MR) is 80.8 cm³/mol. The summed E-state index contributed by atoms with van der Waals surface area (Å²) in [6.45, 7) is 0.809. The van der Waals surface area contributed by atoms with Gasteiger partial charge in [0.15, 0.2) is 0 Å².